The molecule has 2 rings (SSSR count). The molecule has 1 saturated heterocycles. The van der Waals surface area contributed by atoms with Gasteiger partial charge < -0.3 is 19.9 Å². The third kappa shape index (κ3) is 6.67. The lowest BCUT2D eigenvalue weighted by atomic mass is 10.3. The lowest BCUT2D eigenvalue weighted by Crippen LogP contribution is -2.45. The summed E-state index contributed by atoms with van der Waals surface area (Å²) in [4.78, 5) is 16.6. The molecule has 1 aromatic rings. The minimum Gasteiger partial charge on any atom is -0.482 e. The monoisotopic (exact) mass is 403 g/mol. The van der Waals surface area contributed by atoms with Crippen LogP contribution >= 0.6 is 27.5 Å². The molecule has 23 heavy (non-hydrogen) atoms. The van der Waals surface area contributed by atoms with E-state index in [-0.39, 0.29) is 12.5 Å². The molecule has 1 aliphatic heterocycles. The fraction of sp³-hybridized carbons (Fsp3) is 0.562. The highest BCUT2D eigenvalue weighted by atomic mass is 79.9. The van der Waals surface area contributed by atoms with Crippen LogP contribution in [0.1, 0.15) is 6.42 Å². The number of hydrogen-bond acceptors (Lipinski definition) is 4. The Morgan fingerprint density at radius 2 is 2.09 bits per heavy atom. The van der Waals surface area contributed by atoms with E-state index in [4.69, 9.17) is 16.3 Å². The summed E-state index contributed by atoms with van der Waals surface area (Å²) in [5, 5.41) is 3.37. The Morgan fingerprint density at radius 1 is 1.35 bits per heavy atom. The van der Waals surface area contributed by atoms with Gasteiger partial charge in [-0.15, -0.1) is 0 Å². The standard InChI is InChI=1S/C16H23BrClN3O2/c1-20-7-9-21(10-8-20)6-2-5-19-16(22)12-23-15-4-3-13(17)11-14(15)18/h3-4,11H,2,5-10,12H2,1H3,(H,19,22). The number of likely N-dealkylation sites (N-methyl/N-ethyl adjacent to an activating group) is 1. The first-order valence-corrected chi connectivity index (χ1v) is 8.97. The van der Waals surface area contributed by atoms with Crippen LogP contribution in [0.2, 0.25) is 5.02 Å². The number of carbonyl (C=O) groups excluding carboxylic acids is 1. The minimum atomic E-state index is -0.123. The van der Waals surface area contributed by atoms with Crippen LogP contribution in [0.4, 0.5) is 0 Å². The summed E-state index contributed by atoms with van der Waals surface area (Å²) in [6, 6.07) is 5.31. The molecule has 0 aliphatic carbocycles. The summed E-state index contributed by atoms with van der Waals surface area (Å²) in [5.74, 6) is 0.393. The molecule has 1 amide bonds. The molecule has 7 heteroatoms. The van der Waals surface area contributed by atoms with Crippen LogP contribution in [-0.4, -0.2) is 68.6 Å². The molecule has 0 unspecified atom stereocenters. The van der Waals surface area contributed by atoms with Crippen molar-refractivity contribution >= 4 is 33.4 Å². The SMILES string of the molecule is CN1CCN(CCCNC(=O)COc2ccc(Br)cc2Cl)CC1. The van der Waals surface area contributed by atoms with Crippen molar-refractivity contribution in [1.29, 1.82) is 0 Å². The molecule has 0 aromatic heterocycles. The Bertz CT molecular complexity index is 522. The van der Waals surface area contributed by atoms with E-state index in [2.05, 4.69) is 38.1 Å². The highest BCUT2D eigenvalue weighted by molar-refractivity contribution is 9.10. The molecule has 5 nitrogen and oxygen atoms in total. The first-order valence-electron chi connectivity index (χ1n) is 7.80. The quantitative estimate of drug-likeness (QED) is 0.708. The summed E-state index contributed by atoms with van der Waals surface area (Å²) in [5.41, 5.74) is 0. The van der Waals surface area contributed by atoms with Gasteiger partial charge >= 0.3 is 0 Å². The molecule has 1 N–H and O–H groups in total. The van der Waals surface area contributed by atoms with E-state index in [0.717, 1.165) is 43.6 Å². The highest BCUT2D eigenvalue weighted by Gasteiger charge is 2.13. The molecular formula is C16H23BrClN3O2. The Labute approximate surface area is 151 Å². The summed E-state index contributed by atoms with van der Waals surface area (Å²) in [7, 11) is 2.15. The van der Waals surface area contributed by atoms with Gasteiger partial charge in [0.05, 0.1) is 5.02 Å². The third-order valence-corrected chi connectivity index (χ3v) is 4.61. The number of hydrogen-bond donors (Lipinski definition) is 1. The number of carbonyl (C=O) groups is 1. The molecule has 1 fully saturated rings. The Kier molecular flexibility index (Phi) is 7.62. The van der Waals surface area contributed by atoms with Crippen molar-refractivity contribution < 1.29 is 9.53 Å². The van der Waals surface area contributed by atoms with E-state index < -0.39 is 0 Å². The van der Waals surface area contributed by atoms with Crippen LogP contribution < -0.4 is 10.1 Å². The van der Waals surface area contributed by atoms with Crippen LogP contribution in [0.3, 0.4) is 0 Å². The second kappa shape index (κ2) is 9.47. The molecule has 0 atom stereocenters. The molecule has 0 radical (unpaired) electrons. The van der Waals surface area contributed by atoms with Crippen LogP contribution in [0.15, 0.2) is 22.7 Å². The van der Waals surface area contributed by atoms with E-state index in [1.54, 1.807) is 12.1 Å². The van der Waals surface area contributed by atoms with Crippen molar-refractivity contribution in [2.24, 2.45) is 0 Å². The minimum absolute atomic E-state index is 0.0180. The van der Waals surface area contributed by atoms with Gasteiger partial charge in [-0.2, -0.15) is 0 Å². The van der Waals surface area contributed by atoms with Gasteiger partial charge in [-0.1, -0.05) is 27.5 Å². The largest absolute Gasteiger partial charge is 0.482 e. The fourth-order valence-electron chi connectivity index (χ4n) is 2.39. The van der Waals surface area contributed by atoms with Gasteiger partial charge in [0, 0.05) is 37.2 Å². The number of rotatable bonds is 7. The van der Waals surface area contributed by atoms with Crippen molar-refractivity contribution in [3.63, 3.8) is 0 Å². The van der Waals surface area contributed by atoms with E-state index in [1.165, 1.54) is 0 Å². The van der Waals surface area contributed by atoms with Crippen LogP contribution in [0.5, 0.6) is 5.75 Å². The number of benzene rings is 1. The van der Waals surface area contributed by atoms with Crippen molar-refractivity contribution in [3.8, 4) is 5.75 Å². The zero-order chi connectivity index (χ0) is 16.7. The molecule has 128 valence electrons. The van der Waals surface area contributed by atoms with Gasteiger partial charge in [0.2, 0.25) is 0 Å². The molecule has 0 saturated carbocycles. The number of piperazine rings is 1. The average molecular weight is 405 g/mol. The summed E-state index contributed by atoms with van der Waals surface area (Å²) < 4.78 is 6.31. The summed E-state index contributed by atoms with van der Waals surface area (Å²) in [6.07, 6.45) is 0.953. The smallest absolute Gasteiger partial charge is 0.257 e. The molecule has 0 bridgehead atoms. The van der Waals surface area contributed by atoms with Crippen molar-refractivity contribution in [2.75, 3.05) is 52.9 Å². The maximum absolute atomic E-state index is 11.8. The Morgan fingerprint density at radius 3 is 2.78 bits per heavy atom. The first-order chi connectivity index (χ1) is 11.0. The molecular weight excluding hydrogens is 382 g/mol. The van der Waals surface area contributed by atoms with Crippen molar-refractivity contribution in [3.05, 3.63) is 27.7 Å². The van der Waals surface area contributed by atoms with E-state index in [1.807, 2.05) is 6.07 Å². The predicted octanol–water partition coefficient (Wildman–Crippen LogP) is 2.24. The molecule has 0 spiro atoms. The van der Waals surface area contributed by atoms with Crippen molar-refractivity contribution in [1.82, 2.24) is 15.1 Å². The third-order valence-electron chi connectivity index (χ3n) is 3.82. The van der Waals surface area contributed by atoms with Crippen LogP contribution in [0.25, 0.3) is 0 Å². The van der Waals surface area contributed by atoms with Gasteiger partial charge in [-0.05, 0) is 38.2 Å². The Balaban J connectivity index is 1.58. The maximum Gasteiger partial charge on any atom is 0.257 e. The topological polar surface area (TPSA) is 44.8 Å². The van der Waals surface area contributed by atoms with Gasteiger partial charge in [0.15, 0.2) is 6.61 Å². The zero-order valence-corrected chi connectivity index (χ0v) is 15.7. The normalized spacial score (nSPS) is 16.3. The number of halogens is 2. The molecule has 1 heterocycles. The van der Waals surface area contributed by atoms with Crippen molar-refractivity contribution in [2.45, 2.75) is 6.42 Å². The second-order valence-electron chi connectivity index (χ2n) is 5.71. The summed E-state index contributed by atoms with van der Waals surface area (Å²) >= 11 is 9.37. The molecule has 1 aromatic carbocycles. The van der Waals surface area contributed by atoms with Crippen LogP contribution in [-0.2, 0) is 4.79 Å². The van der Waals surface area contributed by atoms with E-state index in [0.29, 0.717) is 17.3 Å². The van der Waals surface area contributed by atoms with Gasteiger partial charge in [0.25, 0.3) is 5.91 Å². The number of nitrogens with one attached hydrogen (secondary N) is 1. The lowest BCUT2D eigenvalue weighted by molar-refractivity contribution is -0.123. The van der Waals surface area contributed by atoms with E-state index >= 15 is 0 Å². The lowest BCUT2D eigenvalue weighted by Gasteiger charge is -2.32. The number of nitrogens with zero attached hydrogens (tertiary/aromatic N) is 2. The summed E-state index contributed by atoms with van der Waals surface area (Å²) in [6.45, 7) is 6.12. The van der Waals surface area contributed by atoms with Crippen LogP contribution in [0, 0.1) is 0 Å². The first kappa shape index (κ1) is 18.5. The predicted molar refractivity (Wildman–Crippen MR) is 96.2 cm³/mol. The highest BCUT2D eigenvalue weighted by Crippen LogP contribution is 2.27. The van der Waals surface area contributed by atoms with E-state index in [9.17, 15) is 4.79 Å². The fourth-order valence-corrected chi connectivity index (χ4v) is 3.12. The average Bonchev–Trinajstić information content (AvgIpc) is 2.52. The number of amides is 1. The van der Waals surface area contributed by atoms with Gasteiger partial charge in [0.1, 0.15) is 5.75 Å². The number of ether oxygens (including phenoxy) is 1. The van der Waals surface area contributed by atoms with Gasteiger partial charge in [-0.3, -0.25) is 4.79 Å². The maximum atomic E-state index is 11.8. The Hall–Kier alpha value is -0.820. The second-order valence-corrected chi connectivity index (χ2v) is 7.03. The molecule has 1 aliphatic rings. The van der Waals surface area contributed by atoms with Gasteiger partial charge in [-0.25, -0.2) is 0 Å². The zero-order valence-electron chi connectivity index (χ0n) is 13.4.